The summed E-state index contributed by atoms with van der Waals surface area (Å²) in [4.78, 5) is 23.4. The van der Waals surface area contributed by atoms with Gasteiger partial charge in [0.15, 0.2) is 0 Å². The van der Waals surface area contributed by atoms with Crippen LogP contribution in [-0.4, -0.2) is 17.0 Å². The molecular weight excluding hydrogens is 318 g/mol. The molecule has 1 aliphatic rings. The lowest BCUT2D eigenvalue weighted by Crippen LogP contribution is -2.48. The summed E-state index contributed by atoms with van der Waals surface area (Å²) in [6, 6.07) is 10.3. The normalized spacial score (nSPS) is 15.7. The number of carboxylic acids is 1. The number of halogens is 1. The molecule has 3 rings (SSSR count). The van der Waals surface area contributed by atoms with E-state index in [4.69, 9.17) is 21.1 Å². The van der Waals surface area contributed by atoms with Gasteiger partial charge in [-0.3, -0.25) is 4.79 Å². The second-order valence-electron chi connectivity index (χ2n) is 5.70. The van der Waals surface area contributed by atoms with E-state index in [1.165, 1.54) is 6.07 Å². The molecule has 1 saturated carbocycles. The molecule has 0 aliphatic heterocycles. The molecule has 2 N–H and O–H groups in total. The molecule has 1 aromatic heterocycles. The molecule has 1 fully saturated rings. The lowest BCUT2D eigenvalue weighted by molar-refractivity contribution is -0.130. The number of carbonyl (C=O) groups is 2. The Morgan fingerprint density at radius 2 is 1.87 bits per heavy atom. The van der Waals surface area contributed by atoms with Crippen LogP contribution in [-0.2, 0) is 16.8 Å². The number of hydrogen-bond acceptors (Lipinski definition) is 3. The van der Waals surface area contributed by atoms with Crippen LogP contribution in [0.25, 0.3) is 0 Å². The summed E-state index contributed by atoms with van der Waals surface area (Å²) < 4.78 is 5.15. The monoisotopic (exact) mass is 333 g/mol. The molecule has 6 heteroatoms. The summed E-state index contributed by atoms with van der Waals surface area (Å²) in [6.45, 7) is 0.168. The van der Waals surface area contributed by atoms with Gasteiger partial charge in [-0.1, -0.05) is 30.2 Å². The fourth-order valence-electron chi connectivity index (χ4n) is 2.87. The van der Waals surface area contributed by atoms with Crippen molar-refractivity contribution in [1.82, 2.24) is 5.32 Å². The third kappa shape index (κ3) is 2.97. The zero-order chi connectivity index (χ0) is 16.4. The standard InChI is InChI=1S/C17H16ClNO4/c18-12-4-2-11(3-5-12)17(8-1-9-17)16(22)19-10-13-6-7-14(23-13)15(20)21/h2-7H,1,8-10H2,(H,19,22)(H,20,21). The predicted octanol–water partition coefficient (Wildman–Crippen LogP) is 3.37. The van der Waals surface area contributed by atoms with Crippen molar-refractivity contribution in [3.8, 4) is 0 Å². The Morgan fingerprint density at radius 3 is 2.39 bits per heavy atom. The minimum Gasteiger partial charge on any atom is -0.475 e. The van der Waals surface area contributed by atoms with Crippen LogP contribution >= 0.6 is 11.6 Å². The van der Waals surface area contributed by atoms with Crippen molar-refractivity contribution in [3.63, 3.8) is 0 Å². The minimum absolute atomic E-state index is 0.0700. The number of carbonyl (C=O) groups excluding carboxylic acids is 1. The van der Waals surface area contributed by atoms with E-state index in [1.807, 2.05) is 12.1 Å². The minimum atomic E-state index is -1.13. The van der Waals surface area contributed by atoms with Crippen molar-refractivity contribution in [3.05, 3.63) is 58.5 Å². The Labute approximate surface area is 138 Å². The molecule has 0 atom stereocenters. The first-order valence-electron chi connectivity index (χ1n) is 7.38. The molecule has 120 valence electrons. The van der Waals surface area contributed by atoms with E-state index < -0.39 is 11.4 Å². The van der Waals surface area contributed by atoms with Gasteiger partial charge in [-0.25, -0.2) is 4.79 Å². The van der Waals surface area contributed by atoms with Crippen LogP contribution in [0.1, 0.15) is 41.1 Å². The highest BCUT2D eigenvalue weighted by Gasteiger charge is 2.45. The number of nitrogens with one attached hydrogen (secondary N) is 1. The molecule has 1 aliphatic carbocycles. The largest absolute Gasteiger partial charge is 0.475 e. The van der Waals surface area contributed by atoms with Crippen LogP contribution in [0.5, 0.6) is 0 Å². The van der Waals surface area contributed by atoms with Gasteiger partial charge in [0.2, 0.25) is 11.7 Å². The summed E-state index contributed by atoms with van der Waals surface area (Å²) in [7, 11) is 0. The van der Waals surface area contributed by atoms with Gasteiger partial charge in [-0.05, 0) is 42.7 Å². The number of furan rings is 1. The molecule has 0 saturated heterocycles. The summed E-state index contributed by atoms with van der Waals surface area (Å²) in [6.07, 6.45) is 2.58. The van der Waals surface area contributed by atoms with E-state index >= 15 is 0 Å². The number of benzene rings is 1. The van der Waals surface area contributed by atoms with Crippen LogP contribution in [0, 0.1) is 0 Å². The highest BCUT2D eigenvalue weighted by atomic mass is 35.5. The van der Waals surface area contributed by atoms with Crippen molar-refractivity contribution in [2.24, 2.45) is 0 Å². The van der Waals surface area contributed by atoms with Crippen molar-refractivity contribution < 1.29 is 19.1 Å². The second-order valence-corrected chi connectivity index (χ2v) is 6.13. The molecular formula is C17H16ClNO4. The van der Waals surface area contributed by atoms with E-state index in [2.05, 4.69) is 5.32 Å². The summed E-state index contributed by atoms with van der Waals surface area (Å²) in [5.74, 6) is -0.912. The molecule has 0 spiro atoms. The highest BCUT2D eigenvalue weighted by molar-refractivity contribution is 6.30. The zero-order valence-electron chi connectivity index (χ0n) is 12.3. The zero-order valence-corrected chi connectivity index (χ0v) is 13.1. The second kappa shape index (κ2) is 6.08. The summed E-state index contributed by atoms with van der Waals surface area (Å²) >= 11 is 5.91. The van der Waals surface area contributed by atoms with E-state index in [1.54, 1.807) is 18.2 Å². The summed E-state index contributed by atoms with van der Waals surface area (Å²) in [5.41, 5.74) is 0.434. The lowest BCUT2D eigenvalue weighted by atomic mass is 9.64. The van der Waals surface area contributed by atoms with E-state index in [9.17, 15) is 9.59 Å². The van der Waals surface area contributed by atoms with Crippen molar-refractivity contribution >= 4 is 23.5 Å². The molecule has 5 nitrogen and oxygen atoms in total. The summed E-state index contributed by atoms with van der Waals surface area (Å²) in [5, 5.41) is 12.3. The average Bonchev–Trinajstić information content (AvgIpc) is 2.95. The van der Waals surface area contributed by atoms with Gasteiger partial charge in [0.05, 0.1) is 12.0 Å². The van der Waals surface area contributed by atoms with Gasteiger partial charge in [-0.2, -0.15) is 0 Å². The highest BCUT2D eigenvalue weighted by Crippen LogP contribution is 2.44. The van der Waals surface area contributed by atoms with E-state index in [0.29, 0.717) is 10.8 Å². The number of hydrogen-bond donors (Lipinski definition) is 2. The molecule has 0 bridgehead atoms. The predicted molar refractivity (Wildman–Crippen MR) is 84.5 cm³/mol. The van der Waals surface area contributed by atoms with Crippen LogP contribution in [0.3, 0.4) is 0 Å². The maximum Gasteiger partial charge on any atom is 0.371 e. The van der Waals surface area contributed by atoms with Gasteiger partial charge < -0.3 is 14.8 Å². The first-order chi connectivity index (χ1) is 11.0. The van der Waals surface area contributed by atoms with Crippen molar-refractivity contribution in [2.45, 2.75) is 31.2 Å². The fraction of sp³-hybridized carbons (Fsp3) is 0.294. The molecule has 1 heterocycles. The number of carboxylic acid groups (broad SMARTS) is 1. The molecule has 1 aromatic carbocycles. The molecule has 23 heavy (non-hydrogen) atoms. The number of rotatable bonds is 5. The Kier molecular flexibility index (Phi) is 4.13. The van der Waals surface area contributed by atoms with Crippen LogP contribution in [0.4, 0.5) is 0 Å². The number of aromatic carboxylic acids is 1. The fourth-order valence-corrected chi connectivity index (χ4v) is 3.00. The van der Waals surface area contributed by atoms with Crippen LogP contribution < -0.4 is 5.32 Å². The Bertz CT molecular complexity index is 731. The topological polar surface area (TPSA) is 79.5 Å². The van der Waals surface area contributed by atoms with Crippen molar-refractivity contribution in [2.75, 3.05) is 0 Å². The smallest absolute Gasteiger partial charge is 0.371 e. The Morgan fingerprint density at radius 1 is 1.17 bits per heavy atom. The third-order valence-electron chi connectivity index (χ3n) is 4.33. The molecule has 2 aromatic rings. The maximum atomic E-state index is 12.6. The first-order valence-corrected chi connectivity index (χ1v) is 7.75. The molecule has 1 amide bonds. The van der Waals surface area contributed by atoms with Crippen LogP contribution in [0.15, 0.2) is 40.8 Å². The van der Waals surface area contributed by atoms with E-state index in [0.717, 1.165) is 24.8 Å². The number of amides is 1. The first kappa shape index (κ1) is 15.6. The third-order valence-corrected chi connectivity index (χ3v) is 4.59. The van der Waals surface area contributed by atoms with Crippen molar-refractivity contribution in [1.29, 1.82) is 0 Å². The molecule has 0 unspecified atom stereocenters. The Balaban J connectivity index is 1.70. The van der Waals surface area contributed by atoms with Gasteiger partial charge in [0, 0.05) is 5.02 Å². The van der Waals surface area contributed by atoms with Crippen LogP contribution in [0.2, 0.25) is 5.02 Å². The Hall–Kier alpha value is -2.27. The van der Waals surface area contributed by atoms with Gasteiger partial charge in [0.1, 0.15) is 5.76 Å². The van der Waals surface area contributed by atoms with E-state index in [-0.39, 0.29) is 18.2 Å². The SMILES string of the molecule is O=C(O)c1ccc(CNC(=O)C2(c3ccc(Cl)cc3)CCC2)o1. The van der Waals surface area contributed by atoms with Gasteiger partial charge in [-0.15, -0.1) is 0 Å². The lowest BCUT2D eigenvalue weighted by Gasteiger charge is -2.40. The van der Waals surface area contributed by atoms with Gasteiger partial charge >= 0.3 is 5.97 Å². The average molecular weight is 334 g/mol. The van der Waals surface area contributed by atoms with Gasteiger partial charge in [0.25, 0.3) is 0 Å². The quantitative estimate of drug-likeness (QED) is 0.879. The molecule has 0 radical (unpaired) electrons. The maximum absolute atomic E-state index is 12.6.